The van der Waals surface area contributed by atoms with E-state index in [9.17, 15) is 9.59 Å². The van der Waals surface area contributed by atoms with Crippen LogP contribution in [0, 0.1) is 0 Å². The Bertz CT molecular complexity index is 578. The summed E-state index contributed by atoms with van der Waals surface area (Å²) in [6.07, 6.45) is 3.76. The van der Waals surface area contributed by atoms with E-state index in [4.69, 9.17) is 10.5 Å². The van der Waals surface area contributed by atoms with Crippen molar-refractivity contribution in [1.82, 2.24) is 9.55 Å². The summed E-state index contributed by atoms with van der Waals surface area (Å²) in [5.41, 5.74) is 5.31. The molecule has 0 aliphatic heterocycles. The van der Waals surface area contributed by atoms with E-state index < -0.39 is 11.2 Å². The van der Waals surface area contributed by atoms with Crippen LogP contribution < -0.4 is 22.3 Å². The Morgan fingerprint density at radius 2 is 2.20 bits per heavy atom. The van der Waals surface area contributed by atoms with E-state index in [-0.39, 0.29) is 23.7 Å². The van der Waals surface area contributed by atoms with Crippen LogP contribution in [0.1, 0.15) is 32.6 Å². The Hall–Kier alpha value is -1.76. The summed E-state index contributed by atoms with van der Waals surface area (Å²) in [5, 5.41) is 3.15. The van der Waals surface area contributed by atoms with Gasteiger partial charge in [0, 0.05) is 13.7 Å². The van der Waals surface area contributed by atoms with Gasteiger partial charge < -0.3 is 15.8 Å². The summed E-state index contributed by atoms with van der Waals surface area (Å²) in [6, 6.07) is 0.0518. The molecule has 0 saturated heterocycles. The average molecular weight is 282 g/mol. The molecular weight excluding hydrogens is 260 g/mol. The summed E-state index contributed by atoms with van der Waals surface area (Å²) < 4.78 is 6.78. The van der Waals surface area contributed by atoms with Crippen LogP contribution in [0.5, 0.6) is 0 Å². The van der Waals surface area contributed by atoms with E-state index in [1.807, 2.05) is 6.92 Å². The molecule has 1 heterocycles. The first-order chi connectivity index (χ1) is 9.58. The fraction of sp³-hybridized carbons (Fsp3) is 0.692. The summed E-state index contributed by atoms with van der Waals surface area (Å²) in [6.45, 7) is 2.43. The minimum Gasteiger partial charge on any atom is -0.383 e. The third-order valence-corrected chi connectivity index (χ3v) is 3.77. The number of rotatable bonds is 5. The monoisotopic (exact) mass is 282 g/mol. The number of nitrogens with one attached hydrogen (secondary N) is 2. The van der Waals surface area contributed by atoms with Gasteiger partial charge in [-0.1, -0.05) is 6.92 Å². The second-order valence-electron chi connectivity index (χ2n) is 5.13. The number of hydrogen-bond donors (Lipinski definition) is 3. The van der Waals surface area contributed by atoms with Crippen LogP contribution in [0.2, 0.25) is 0 Å². The fourth-order valence-corrected chi connectivity index (χ4v) is 2.73. The smallest absolute Gasteiger partial charge is 0.330 e. The number of H-pyrrole nitrogens is 1. The molecule has 2 unspecified atom stereocenters. The molecule has 1 aliphatic rings. The number of nitrogen functional groups attached to an aromatic ring is 1. The van der Waals surface area contributed by atoms with Crippen molar-refractivity contribution in [1.29, 1.82) is 0 Å². The molecule has 2 rings (SSSR count). The third-order valence-electron chi connectivity index (χ3n) is 3.77. The number of nitrogens with zero attached hydrogens (tertiary/aromatic N) is 1. The van der Waals surface area contributed by atoms with Crippen molar-refractivity contribution < 1.29 is 4.74 Å². The molecule has 0 radical (unpaired) electrons. The maximum absolute atomic E-state index is 11.9. The van der Waals surface area contributed by atoms with Crippen LogP contribution in [-0.2, 0) is 11.3 Å². The lowest BCUT2D eigenvalue weighted by Crippen LogP contribution is -2.38. The van der Waals surface area contributed by atoms with E-state index in [1.165, 1.54) is 4.57 Å². The van der Waals surface area contributed by atoms with Crippen LogP contribution in [0.4, 0.5) is 11.5 Å². The zero-order valence-electron chi connectivity index (χ0n) is 11.9. The highest BCUT2D eigenvalue weighted by Gasteiger charge is 2.28. The van der Waals surface area contributed by atoms with Gasteiger partial charge in [-0.25, -0.2) is 4.79 Å². The summed E-state index contributed by atoms with van der Waals surface area (Å²) >= 11 is 0. The molecule has 0 aromatic carbocycles. The van der Waals surface area contributed by atoms with Crippen LogP contribution in [-0.4, -0.2) is 28.8 Å². The summed E-state index contributed by atoms with van der Waals surface area (Å²) in [7, 11) is 1.66. The first kappa shape index (κ1) is 14.6. The van der Waals surface area contributed by atoms with E-state index in [1.54, 1.807) is 7.11 Å². The average Bonchev–Trinajstić information content (AvgIpc) is 2.86. The maximum Gasteiger partial charge on any atom is 0.330 e. The van der Waals surface area contributed by atoms with E-state index in [0.29, 0.717) is 6.54 Å². The Labute approximate surface area is 117 Å². The second kappa shape index (κ2) is 6.13. The first-order valence-electron chi connectivity index (χ1n) is 7.00. The van der Waals surface area contributed by atoms with E-state index in [2.05, 4.69) is 10.3 Å². The molecule has 20 heavy (non-hydrogen) atoms. The van der Waals surface area contributed by atoms with Gasteiger partial charge in [0.25, 0.3) is 5.56 Å². The predicted molar refractivity (Wildman–Crippen MR) is 78.1 cm³/mol. The molecule has 0 bridgehead atoms. The molecule has 1 aromatic heterocycles. The van der Waals surface area contributed by atoms with Gasteiger partial charge in [0.1, 0.15) is 11.5 Å². The van der Waals surface area contributed by atoms with Crippen LogP contribution in [0.3, 0.4) is 0 Å². The minimum absolute atomic E-state index is 0.0518. The topological polar surface area (TPSA) is 102 Å². The molecule has 0 amide bonds. The highest BCUT2D eigenvalue weighted by Crippen LogP contribution is 2.25. The van der Waals surface area contributed by atoms with E-state index in [0.717, 1.165) is 25.7 Å². The number of aromatic amines is 1. The SMILES string of the molecule is CCCn1c(N)c(NC2CCCC2OC)c(=O)[nH]c1=O. The van der Waals surface area contributed by atoms with Gasteiger partial charge in [-0.2, -0.15) is 0 Å². The van der Waals surface area contributed by atoms with Crippen molar-refractivity contribution in [2.45, 2.75) is 51.3 Å². The first-order valence-corrected chi connectivity index (χ1v) is 7.00. The van der Waals surface area contributed by atoms with Crippen molar-refractivity contribution in [2.24, 2.45) is 0 Å². The van der Waals surface area contributed by atoms with Crippen molar-refractivity contribution in [3.05, 3.63) is 20.8 Å². The van der Waals surface area contributed by atoms with Crippen molar-refractivity contribution >= 4 is 11.5 Å². The lowest BCUT2D eigenvalue weighted by molar-refractivity contribution is 0.101. The van der Waals surface area contributed by atoms with Crippen LogP contribution >= 0.6 is 0 Å². The van der Waals surface area contributed by atoms with Crippen LogP contribution in [0.15, 0.2) is 9.59 Å². The van der Waals surface area contributed by atoms with Gasteiger partial charge >= 0.3 is 5.69 Å². The number of aromatic nitrogens is 2. The zero-order valence-corrected chi connectivity index (χ0v) is 11.9. The van der Waals surface area contributed by atoms with Crippen molar-refractivity contribution in [3.8, 4) is 0 Å². The minimum atomic E-state index is -0.471. The molecule has 1 aromatic rings. The van der Waals surface area contributed by atoms with Gasteiger partial charge in [0.05, 0.1) is 12.1 Å². The van der Waals surface area contributed by atoms with E-state index >= 15 is 0 Å². The highest BCUT2D eigenvalue weighted by atomic mass is 16.5. The Morgan fingerprint density at radius 1 is 1.45 bits per heavy atom. The predicted octanol–water partition coefficient (Wildman–Crippen LogP) is 0.508. The highest BCUT2D eigenvalue weighted by molar-refractivity contribution is 5.61. The van der Waals surface area contributed by atoms with Gasteiger partial charge in [-0.05, 0) is 25.7 Å². The van der Waals surface area contributed by atoms with Gasteiger partial charge in [-0.3, -0.25) is 14.3 Å². The lowest BCUT2D eigenvalue weighted by atomic mass is 10.2. The normalized spacial score (nSPS) is 22.1. The molecular formula is C13H22N4O3. The summed E-state index contributed by atoms with van der Waals surface area (Å²) in [5.74, 6) is 0.197. The van der Waals surface area contributed by atoms with Crippen LogP contribution in [0.25, 0.3) is 0 Å². The quantitative estimate of drug-likeness (QED) is 0.730. The lowest BCUT2D eigenvalue weighted by Gasteiger charge is -2.22. The number of anilines is 2. The van der Waals surface area contributed by atoms with Gasteiger partial charge in [0.2, 0.25) is 0 Å². The number of methoxy groups -OCH3 is 1. The van der Waals surface area contributed by atoms with Gasteiger partial charge in [0.15, 0.2) is 0 Å². The molecule has 1 aliphatic carbocycles. The van der Waals surface area contributed by atoms with Gasteiger partial charge in [-0.15, -0.1) is 0 Å². The molecule has 4 N–H and O–H groups in total. The standard InChI is InChI=1S/C13H22N4O3/c1-3-7-17-11(14)10(12(18)16-13(17)19)15-8-5-4-6-9(8)20-2/h8-9,15H,3-7,14H2,1-2H3,(H,16,18,19). The number of nitrogens with two attached hydrogens (primary N) is 1. The largest absolute Gasteiger partial charge is 0.383 e. The Kier molecular flexibility index (Phi) is 4.49. The maximum atomic E-state index is 11.9. The molecule has 2 atom stereocenters. The molecule has 7 nitrogen and oxygen atoms in total. The zero-order chi connectivity index (χ0) is 14.7. The molecule has 1 saturated carbocycles. The molecule has 1 fully saturated rings. The van der Waals surface area contributed by atoms with Crippen molar-refractivity contribution in [2.75, 3.05) is 18.2 Å². The molecule has 112 valence electrons. The Morgan fingerprint density at radius 3 is 2.85 bits per heavy atom. The third kappa shape index (κ3) is 2.72. The fourth-order valence-electron chi connectivity index (χ4n) is 2.73. The summed E-state index contributed by atoms with van der Waals surface area (Å²) in [4.78, 5) is 26.0. The number of hydrogen-bond acceptors (Lipinski definition) is 5. The molecule has 7 heteroatoms. The second-order valence-corrected chi connectivity index (χ2v) is 5.13. The Balaban J connectivity index is 2.34. The van der Waals surface area contributed by atoms with Crippen molar-refractivity contribution in [3.63, 3.8) is 0 Å². The molecule has 0 spiro atoms. The number of ether oxygens (including phenoxy) is 1.